The maximum absolute atomic E-state index is 12.9. The van der Waals surface area contributed by atoms with E-state index < -0.39 is 0 Å². The van der Waals surface area contributed by atoms with Gasteiger partial charge in [-0.3, -0.25) is 9.59 Å². The summed E-state index contributed by atoms with van der Waals surface area (Å²) in [5, 5.41) is 1.97. The number of carbonyl (C=O) groups excluding carboxylic acids is 2. The quantitative estimate of drug-likeness (QED) is 0.531. The van der Waals surface area contributed by atoms with Crippen molar-refractivity contribution in [3.63, 3.8) is 0 Å². The van der Waals surface area contributed by atoms with Crippen LogP contribution in [0.15, 0.2) is 46.3 Å². The van der Waals surface area contributed by atoms with E-state index in [4.69, 9.17) is 0 Å². The Bertz CT molecular complexity index is 777. The van der Waals surface area contributed by atoms with Gasteiger partial charge >= 0.3 is 0 Å². The molecule has 1 aromatic carbocycles. The summed E-state index contributed by atoms with van der Waals surface area (Å²) in [6.45, 7) is 3.40. The van der Waals surface area contributed by atoms with Crippen molar-refractivity contribution < 1.29 is 14.1 Å². The fourth-order valence-corrected chi connectivity index (χ4v) is 5.43. The van der Waals surface area contributed by atoms with Gasteiger partial charge in [0.05, 0.1) is 30.4 Å². The van der Waals surface area contributed by atoms with Crippen molar-refractivity contribution in [2.24, 2.45) is 11.8 Å². The van der Waals surface area contributed by atoms with Crippen LogP contribution in [0.3, 0.4) is 0 Å². The molecule has 5 rings (SSSR count). The van der Waals surface area contributed by atoms with Gasteiger partial charge in [-0.05, 0) is 29.5 Å². The van der Waals surface area contributed by atoms with E-state index >= 15 is 0 Å². The van der Waals surface area contributed by atoms with Crippen LogP contribution in [0.2, 0.25) is 0 Å². The van der Waals surface area contributed by atoms with E-state index in [1.165, 1.54) is 11.3 Å². The van der Waals surface area contributed by atoms with E-state index in [0.717, 1.165) is 51.9 Å². The zero-order valence-corrected chi connectivity index (χ0v) is 16.4. The Hall–Kier alpha value is -1.30. The van der Waals surface area contributed by atoms with E-state index in [9.17, 15) is 9.59 Å². The average molecular weight is 419 g/mol. The van der Waals surface area contributed by atoms with Crippen LogP contribution in [-0.4, -0.2) is 42.2 Å². The van der Waals surface area contributed by atoms with E-state index in [0.29, 0.717) is 12.5 Å². The number of benzene rings is 1. The molecule has 0 spiro atoms. The van der Waals surface area contributed by atoms with Crippen molar-refractivity contribution in [2.45, 2.75) is 12.8 Å². The Morgan fingerprint density at radius 2 is 1.84 bits per heavy atom. The predicted octanol–water partition coefficient (Wildman–Crippen LogP) is 4.43. The lowest BCUT2D eigenvalue weighted by molar-refractivity contribution is -0.937. The van der Waals surface area contributed by atoms with Crippen molar-refractivity contribution in [1.29, 1.82) is 0 Å². The third-order valence-electron chi connectivity index (χ3n) is 5.85. The van der Waals surface area contributed by atoms with Gasteiger partial charge in [0.1, 0.15) is 6.54 Å². The van der Waals surface area contributed by atoms with Crippen LogP contribution in [-0.2, 0) is 0 Å². The van der Waals surface area contributed by atoms with Gasteiger partial charge in [0.15, 0.2) is 5.78 Å². The molecule has 3 aliphatic rings. The first-order chi connectivity index (χ1) is 12.1. The number of hydrogen-bond donors (Lipinski definition) is 0. The summed E-state index contributed by atoms with van der Waals surface area (Å²) >= 11 is 4.95. The van der Waals surface area contributed by atoms with Crippen molar-refractivity contribution in [2.75, 3.05) is 26.2 Å². The molecule has 0 aliphatic carbocycles. The van der Waals surface area contributed by atoms with Crippen LogP contribution < -0.4 is 0 Å². The summed E-state index contributed by atoms with van der Waals surface area (Å²) in [7, 11) is 0. The lowest BCUT2D eigenvalue weighted by Gasteiger charge is -2.51. The minimum atomic E-state index is 0.0823. The summed E-state index contributed by atoms with van der Waals surface area (Å²) in [6.07, 6.45) is 2.13. The largest absolute Gasteiger partial charge is 0.316 e. The molecule has 4 heterocycles. The highest BCUT2D eigenvalue weighted by molar-refractivity contribution is 9.10. The monoisotopic (exact) mass is 418 g/mol. The zero-order valence-electron chi connectivity index (χ0n) is 14.0. The van der Waals surface area contributed by atoms with Gasteiger partial charge in [-0.2, -0.15) is 0 Å². The summed E-state index contributed by atoms with van der Waals surface area (Å²) in [5.41, 5.74) is 0.768. The Morgan fingerprint density at radius 3 is 2.48 bits per heavy atom. The maximum atomic E-state index is 12.9. The van der Waals surface area contributed by atoms with Crippen LogP contribution in [0.25, 0.3) is 0 Å². The highest BCUT2D eigenvalue weighted by Gasteiger charge is 2.49. The number of carbonyl (C=O) groups is 2. The fraction of sp³-hybridized carbons (Fsp3) is 0.400. The molecule has 3 saturated heterocycles. The highest BCUT2D eigenvalue weighted by Crippen LogP contribution is 2.40. The van der Waals surface area contributed by atoms with Crippen LogP contribution in [0, 0.1) is 11.8 Å². The topological polar surface area (TPSA) is 34.1 Å². The molecule has 1 unspecified atom stereocenters. The number of Topliss-reactive ketones (excluding diaryl/α,β-unsaturated/α-hetero) is 2. The first kappa shape index (κ1) is 17.1. The molecule has 0 N–H and O–H groups in total. The highest BCUT2D eigenvalue weighted by atomic mass is 79.9. The van der Waals surface area contributed by atoms with Gasteiger partial charge in [-0.25, -0.2) is 0 Å². The second-order valence-corrected chi connectivity index (χ2v) is 9.21. The molecule has 2 aromatic rings. The molecule has 0 saturated carbocycles. The number of fused-ring (bicyclic) bond motifs is 3. The molecule has 3 aliphatic heterocycles. The van der Waals surface area contributed by atoms with E-state index in [-0.39, 0.29) is 17.5 Å². The molecule has 1 aromatic heterocycles. The molecular weight excluding hydrogens is 398 g/mol. The number of nitrogens with zero attached hydrogens (tertiary/aromatic N) is 1. The third-order valence-corrected chi connectivity index (χ3v) is 7.26. The predicted molar refractivity (Wildman–Crippen MR) is 103 cm³/mol. The summed E-state index contributed by atoms with van der Waals surface area (Å²) in [5.74, 6) is 1.06. The van der Waals surface area contributed by atoms with Crippen LogP contribution in [0.4, 0.5) is 0 Å². The average Bonchev–Trinajstić information content (AvgIpc) is 3.17. The summed E-state index contributed by atoms with van der Waals surface area (Å²) < 4.78 is 1.77. The van der Waals surface area contributed by atoms with Gasteiger partial charge in [0.2, 0.25) is 5.78 Å². The first-order valence-electron chi connectivity index (χ1n) is 8.78. The van der Waals surface area contributed by atoms with Crippen LogP contribution in [0.5, 0.6) is 0 Å². The summed E-state index contributed by atoms with van der Waals surface area (Å²) in [6, 6.07) is 11.5. The molecule has 3 fully saturated rings. The lowest BCUT2D eigenvalue weighted by Crippen LogP contribution is -2.64. The van der Waals surface area contributed by atoms with E-state index in [1.807, 2.05) is 41.8 Å². The number of thiophene rings is 1. The minimum absolute atomic E-state index is 0.0823. The van der Waals surface area contributed by atoms with Crippen molar-refractivity contribution >= 4 is 38.8 Å². The zero-order chi connectivity index (χ0) is 17.4. The normalized spacial score (nSPS) is 28.0. The van der Waals surface area contributed by atoms with E-state index in [1.54, 1.807) is 0 Å². The third kappa shape index (κ3) is 3.37. The summed E-state index contributed by atoms with van der Waals surface area (Å²) in [4.78, 5) is 26.6. The molecule has 0 radical (unpaired) electrons. The number of ketones is 2. The molecular formula is C20H21BrNO2S+. The number of rotatable bonds is 5. The Morgan fingerprint density at radius 1 is 1.12 bits per heavy atom. The molecule has 25 heavy (non-hydrogen) atoms. The number of quaternary nitrogens is 1. The molecule has 5 heteroatoms. The molecule has 2 bridgehead atoms. The van der Waals surface area contributed by atoms with Crippen molar-refractivity contribution in [3.05, 3.63) is 56.7 Å². The number of halogens is 1. The van der Waals surface area contributed by atoms with Gasteiger partial charge < -0.3 is 4.48 Å². The van der Waals surface area contributed by atoms with Crippen LogP contribution >= 0.6 is 27.3 Å². The van der Waals surface area contributed by atoms with E-state index in [2.05, 4.69) is 15.9 Å². The molecule has 130 valence electrons. The van der Waals surface area contributed by atoms with Gasteiger partial charge in [0.25, 0.3) is 0 Å². The fourth-order valence-electron chi connectivity index (χ4n) is 4.44. The Labute approximate surface area is 160 Å². The molecule has 3 nitrogen and oxygen atoms in total. The second-order valence-electron chi connectivity index (χ2n) is 7.35. The van der Waals surface area contributed by atoms with Gasteiger partial charge in [-0.15, -0.1) is 11.3 Å². The SMILES string of the molecule is O=C(C[N+]12CCC(CC1)C(C(=O)c1cccs1)C2)c1ccc(Br)cc1. The smallest absolute Gasteiger partial charge is 0.216 e. The lowest BCUT2D eigenvalue weighted by atomic mass is 9.74. The van der Waals surface area contributed by atoms with Crippen molar-refractivity contribution in [1.82, 2.24) is 0 Å². The minimum Gasteiger partial charge on any atom is -0.316 e. The van der Waals surface area contributed by atoms with Crippen molar-refractivity contribution in [3.8, 4) is 0 Å². The standard InChI is InChI=1S/C20H21BrNO2S/c21-16-5-3-15(4-6-16)18(23)13-22-9-7-14(8-10-22)17(12-22)20(24)19-2-1-11-25-19/h1-6,11,14,17H,7-10,12-13H2/q+1. The van der Waals surface area contributed by atoms with Gasteiger partial charge in [0, 0.05) is 22.9 Å². The molecule has 1 atom stereocenters. The van der Waals surface area contributed by atoms with Gasteiger partial charge in [-0.1, -0.05) is 34.1 Å². The number of hydrogen-bond acceptors (Lipinski definition) is 3. The maximum Gasteiger partial charge on any atom is 0.216 e. The second kappa shape index (κ2) is 6.78. The number of piperidine rings is 3. The Kier molecular flexibility index (Phi) is 4.65. The molecule has 0 amide bonds. The first-order valence-corrected chi connectivity index (χ1v) is 10.5. The van der Waals surface area contributed by atoms with Crippen LogP contribution in [0.1, 0.15) is 32.9 Å². The Balaban J connectivity index is 1.52.